The number of rotatable bonds is 5. The number of thiazole rings is 1. The fourth-order valence-corrected chi connectivity index (χ4v) is 6.32. The number of hydrogen-bond donors (Lipinski definition) is 0. The van der Waals surface area contributed by atoms with Crippen LogP contribution in [0.2, 0.25) is 0 Å². The van der Waals surface area contributed by atoms with E-state index in [1.807, 2.05) is 0 Å². The van der Waals surface area contributed by atoms with Gasteiger partial charge in [-0.2, -0.15) is 9.30 Å². The molecule has 1 amide bonds. The fourth-order valence-electron chi connectivity index (χ4n) is 3.39. The molecule has 1 saturated heterocycles. The van der Waals surface area contributed by atoms with Gasteiger partial charge in [-0.25, -0.2) is 16.8 Å². The van der Waals surface area contributed by atoms with E-state index >= 15 is 0 Å². The number of carbonyl (C=O) groups is 1. The first-order valence-electron chi connectivity index (χ1n) is 9.02. The number of fused-ring (bicyclic) bond motifs is 1. The van der Waals surface area contributed by atoms with Gasteiger partial charge >= 0.3 is 0 Å². The van der Waals surface area contributed by atoms with E-state index in [4.69, 9.17) is 0 Å². The Morgan fingerprint density at radius 2 is 2.00 bits per heavy atom. The fraction of sp³-hybridized carbons (Fsp3) is 0.444. The van der Waals surface area contributed by atoms with Crippen molar-refractivity contribution in [3.8, 4) is 0 Å². The Morgan fingerprint density at radius 3 is 2.62 bits per heavy atom. The topological polar surface area (TPSA) is 106 Å². The molecule has 1 aliphatic rings. The number of aromatic nitrogens is 1. The second kappa shape index (κ2) is 8.13. The highest BCUT2D eigenvalue weighted by Crippen LogP contribution is 2.23. The molecule has 0 bridgehead atoms. The van der Waals surface area contributed by atoms with Gasteiger partial charge in [-0.1, -0.05) is 23.8 Å². The molecule has 8 nitrogen and oxygen atoms in total. The van der Waals surface area contributed by atoms with Gasteiger partial charge in [0.25, 0.3) is 5.91 Å². The number of amides is 1. The summed E-state index contributed by atoms with van der Waals surface area (Å²) < 4.78 is 51.5. The standard InChI is InChI=1S/C18H23N3O5S3/c1-4-10-20-14-9-8-13(28(2,23)24)12-16(14)27-18(20)19-17(22)15-7-5-6-11-21(15)29(3,25)26/h4,8-9,12,15H,1,5-7,10-11H2,2-3H3. The number of benzene rings is 1. The number of allylic oxidation sites excluding steroid dienone is 1. The summed E-state index contributed by atoms with van der Waals surface area (Å²) in [6.07, 6.45) is 5.79. The van der Waals surface area contributed by atoms with Gasteiger partial charge in [0.2, 0.25) is 10.0 Å². The number of carbonyl (C=O) groups excluding carboxylic acids is 1. The van der Waals surface area contributed by atoms with Gasteiger partial charge < -0.3 is 4.57 Å². The Morgan fingerprint density at radius 1 is 1.28 bits per heavy atom. The molecule has 0 N–H and O–H groups in total. The predicted octanol–water partition coefficient (Wildman–Crippen LogP) is 1.53. The van der Waals surface area contributed by atoms with Gasteiger partial charge in [0, 0.05) is 19.3 Å². The molecule has 0 radical (unpaired) electrons. The lowest BCUT2D eigenvalue weighted by atomic mass is 10.0. The summed E-state index contributed by atoms with van der Waals surface area (Å²) >= 11 is 1.19. The lowest BCUT2D eigenvalue weighted by Gasteiger charge is -2.31. The minimum absolute atomic E-state index is 0.186. The van der Waals surface area contributed by atoms with E-state index in [2.05, 4.69) is 11.6 Å². The van der Waals surface area contributed by atoms with Crippen LogP contribution in [0.3, 0.4) is 0 Å². The zero-order valence-corrected chi connectivity index (χ0v) is 18.7. The second-order valence-corrected chi connectivity index (χ2v) is 12.0. The van der Waals surface area contributed by atoms with Crippen LogP contribution in [0.5, 0.6) is 0 Å². The molecule has 29 heavy (non-hydrogen) atoms. The Labute approximate surface area is 174 Å². The number of hydrogen-bond acceptors (Lipinski definition) is 6. The smallest absolute Gasteiger partial charge is 0.266 e. The molecule has 1 aromatic heterocycles. The minimum atomic E-state index is -3.51. The summed E-state index contributed by atoms with van der Waals surface area (Å²) in [7, 11) is -6.88. The van der Waals surface area contributed by atoms with Crippen molar-refractivity contribution in [2.24, 2.45) is 4.99 Å². The number of sulfonamides is 1. The number of piperidine rings is 1. The van der Waals surface area contributed by atoms with Crippen molar-refractivity contribution < 1.29 is 21.6 Å². The molecule has 0 aliphatic carbocycles. The van der Waals surface area contributed by atoms with Crippen molar-refractivity contribution in [3.63, 3.8) is 0 Å². The van der Waals surface area contributed by atoms with E-state index in [0.717, 1.165) is 24.4 Å². The Balaban J connectivity index is 2.11. The maximum atomic E-state index is 12.9. The first kappa shape index (κ1) is 21.9. The van der Waals surface area contributed by atoms with Crippen molar-refractivity contribution in [1.82, 2.24) is 8.87 Å². The van der Waals surface area contributed by atoms with Gasteiger partial charge in [-0.05, 0) is 31.0 Å². The van der Waals surface area contributed by atoms with E-state index in [-0.39, 0.29) is 4.90 Å². The van der Waals surface area contributed by atoms with Crippen LogP contribution in [0.25, 0.3) is 10.2 Å². The molecule has 158 valence electrons. The van der Waals surface area contributed by atoms with Crippen molar-refractivity contribution in [2.45, 2.75) is 36.7 Å². The molecule has 1 atom stereocenters. The van der Waals surface area contributed by atoms with Crippen LogP contribution in [0.15, 0.2) is 40.7 Å². The zero-order valence-electron chi connectivity index (χ0n) is 16.2. The van der Waals surface area contributed by atoms with E-state index in [9.17, 15) is 21.6 Å². The molecule has 2 aromatic rings. The largest absolute Gasteiger partial charge is 0.313 e. The van der Waals surface area contributed by atoms with Crippen LogP contribution in [-0.2, 0) is 31.2 Å². The first-order chi connectivity index (χ1) is 13.5. The molecular formula is C18H23N3O5S3. The van der Waals surface area contributed by atoms with Crippen LogP contribution < -0.4 is 4.80 Å². The Bertz CT molecular complexity index is 1240. The van der Waals surface area contributed by atoms with Crippen molar-refractivity contribution in [3.05, 3.63) is 35.7 Å². The average Bonchev–Trinajstić information content (AvgIpc) is 2.97. The summed E-state index contributed by atoms with van der Waals surface area (Å²) in [4.78, 5) is 17.7. The molecule has 11 heteroatoms. The normalized spacial score (nSPS) is 19.5. The molecule has 2 heterocycles. The van der Waals surface area contributed by atoms with Crippen LogP contribution in [0, 0.1) is 0 Å². The number of sulfone groups is 1. The summed E-state index contributed by atoms with van der Waals surface area (Å²) in [5.74, 6) is -0.511. The van der Waals surface area contributed by atoms with Gasteiger partial charge in [0.05, 0.1) is 21.4 Å². The van der Waals surface area contributed by atoms with Gasteiger partial charge in [-0.15, -0.1) is 6.58 Å². The zero-order chi connectivity index (χ0) is 21.4. The molecule has 1 unspecified atom stereocenters. The Hall–Kier alpha value is -1.82. The molecule has 1 fully saturated rings. The van der Waals surface area contributed by atoms with E-state index < -0.39 is 31.8 Å². The molecule has 1 aromatic carbocycles. The third-order valence-corrected chi connectivity index (χ3v) is 8.21. The Kier molecular flexibility index (Phi) is 6.13. The maximum Gasteiger partial charge on any atom is 0.266 e. The predicted molar refractivity (Wildman–Crippen MR) is 113 cm³/mol. The summed E-state index contributed by atoms with van der Waals surface area (Å²) in [5.41, 5.74) is 0.734. The third kappa shape index (κ3) is 4.68. The van der Waals surface area contributed by atoms with E-state index in [0.29, 0.717) is 35.4 Å². The lowest BCUT2D eigenvalue weighted by Crippen LogP contribution is -2.47. The maximum absolute atomic E-state index is 12.9. The van der Waals surface area contributed by atoms with Crippen molar-refractivity contribution in [2.75, 3.05) is 19.1 Å². The van der Waals surface area contributed by atoms with Gasteiger partial charge in [0.15, 0.2) is 14.6 Å². The summed E-state index contributed by atoms with van der Waals surface area (Å²) in [6, 6.07) is 3.94. The van der Waals surface area contributed by atoms with Crippen LogP contribution in [-0.4, -0.2) is 56.7 Å². The number of nitrogens with zero attached hydrogens (tertiary/aromatic N) is 3. The minimum Gasteiger partial charge on any atom is -0.313 e. The average molecular weight is 458 g/mol. The molecule has 0 saturated carbocycles. The second-order valence-electron chi connectivity index (χ2n) is 7.02. The van der Waals surface area contributed by atoms with E-state index in [1.165, 1.54) is 21.7 Å². The monoisotopic (exact) mass is 457 g/mol. The highest BCUT2D eigenvalue weighted by Gasteiger charge is 2.34. The van der Waals surface area contributed by atoms with Crippen LogP contribution >= 0.6 is 11.3 Å². The highest BCUT2D eigenvalue weighted by molar-refractivity contribution is 7.90. The van der Waals surface area contributed by atoms with E-state index in [1.54, 1.807) is 22.8 Å². The summed E-state index contributed by atoms with van der Waals surface area (Å²) in [5, 5.41) is 0. The first-order valence-corrected chi connectivity index (χ1v) is 13.6. The quantitative estimate of drug-likeness (QED) is 0.633. The SMILES string of the molecule is C=CCn1c(=NC(=O)C2CCCCN2S(C)(=O)=O)sc2cc(S(C)(=O)=O)ccc21. The highest BCUT2D eigenvalue weighted by atomic mass is 32.2. The molecule has 3 rings (SSSR count). The van der Waals surface area contributed by atoms with Crippen molar-refractivity contribution in [1.29, 1.82) is 0 Å². The van der Waals surface area contributed by atoms with Crippen molar-refractivity contribution >= 4 is 47.3 Å². The third-order valence-electron chi connectivity index (χ3n) is 4.76. The molecule has 0 spiro atoms. The molecule has 1 aliphatic heterocycles. The van der Waals surface area contributed by atoms with Gasteiger partial charge in [0.1, 0.15) is 6.04 Å². The van der Waals surface area contributed by atoms with Crippen LogP contribution in [0.1, 0.15) is 19.3 Å². The van der Waals surface area contributed by atoms with Gasteiger partial charge in [-0.3, -0.25) is 4.79 Å². The molecular weight excluding hydrogens is 434 g/mol. The summed E-state index contributed by atoms with van der Waals surface area (Å²) in [6.45, 7) is 4.41. The van der Waals surface area contributed by atoms with Crippen LogP contribution in [0.4, 0.5) is 0 Å². The lowest BCUT2D eigenvalue weighted by molar-refractivity contribution is -0.122.